The minimum atomic E-state index is -3.47. The number of rotatable bonds is 0. The normalized spacial score (nSPS) is 17.3. The second-order valence-corrected chi connectivity index (χ2v) is 5.05. The Morgan fingerprint density at radius 3 is 2.60 bits per heavy atom. The highest BCUT2D eigenvalue weighted by Gasteiger charge is 2.25. The van der Waals surface area contributed by atoms with Crippen molar-refractivity contribution in [3.05, 3.63) is 29.8 Å². The second-order valence-electron chi connectivity index (χ2n) is 3.42. The van der Waals surface area contributed by atoms with E-state index in [9.17, 15) is 8.42 Å². The number of hydrogen-bond acceptors (Lipinski definition) is 4. The van der Waals surface area contributed by atoms with E-state index < -0.39 is 10.0 Å². The maximum absolute atomic E-state index is 11.6. The predicted octanol–water partition coefficient (Wildman–Crippen LogP) is 0.202. The van der Waals surface area contributed by atoms with Gasteiger partial charge in [-0.3, -0.25) is 0 Å². The summed E-state index contributed by atoms with van der Waals surface area (Å²) in [6.45, 7) is 0. The van der Waals surface area contributed by atoms with Crippen molar-refractivity contribution in [1.29, 1.82) is 0 Å². The van der Waals surface area contributed by atoms with E-state index in [1.54, 1.807) is 29.2 Å². The third kappa shape index (κ3) is 1.56. The Balaban J connectivity index is 2.68. The van der Waals surface area contributed by atoms with Crippen LogP contribution >= 0.6 is 0 Å². The van der Waals surface area contributed by atoms with Gasteiger partial charge < -0.3 is 4.90 Å². The molecular formula is C9H11N3O2S. The van der Waals surface area contributed by atoms with E-state index in [-0.39, 0.29) is 4.90 Å². The smallest absolute Gasteiger partial charge is 0.277 e. The summed E-state index contributed by atoms with van der Waals surface area (Å²) in [4.78, 5) is 4.20. The molecular weight excluding hydrogens is 214 g/mol. The monoisotopic (exact) mass is 225 g/mol. The molecule has 0 atom stereocenters. The lowest BCUT2D eigenvalue weighted by Gasteiger charge is -2.22. The predicted molar refractivity (Wildman–Crippen MR) is 57.0 cm³/mol. The van der Waals surface area contributed by atoms with Gasteiger partial charge in [-0.1, -0.05) is 12.1 Å². The van der Waals surface area contributed by atoms with Gasteiger partial charge >= 0.3 is 0 Å². The van der Waals surface area contributed by atoms with Crippen molar-refractivity contribution in [2.45, 2.75) is 4.90 Å². The zero-order valence-corrected chi connectivity index (χ0v) is 9.25. The van der Waals surface area contributed by atoms with Crippen LogP contribution in [0.15, 0.2) is 34.3 Å². The van der Waals surface area contributed by atoms with Gasteiger partial charge in [0.15, 0.2) is 5.84 Å². The number of nitrogens with one attached hydrogen (secondary N) is 1. The van der Waals surface area contributed by atoms with Crippen LogP contribution in [-0.4, -0.2) is 33.2 Å². The number of fused-ring (bicyclic) bond motifs is 1. The first-order valence-corrected chi connectivity index (χ1v) is 5.87. The molecule has 0 aromatic heterocycles. The van der Waals surface area contributed by atoms with Gasteiger partial charge in [-0.15, -0.1) is 5.10 Å². The van der Waals surface area contributed by atoms with Crippen molar-refractivity contribution in [1.82, 2.24) is 9.73 Å². The highest BCUT2D eigenvalue weighted by Crippen LogP contribution is 2.20. The first kappa shape index (κ1) is 9.97. The van der Waals surface area contributed by atoms with Gasteiger partial charge in [0.25, 0.3) is 10.0 Å². The molecule has 1 aromatic rings. The lowest BCUT2D eigenvalue weighted by Crippen LogP contribution is -2.34. The van der Waals surface area contributed by atoms with E-state index in [1.807, 2.05) is 14.1 Å². The molecule has 2 rings (SSSR count). The summed E-state index contributed by atoms with van der Waals surface area (Å²) in [7, 11) is 0.157. The lowest BCUT2D eigenvalue weighted by atomic mass is 10.2. The number of benzene rings is 1. The molecule has 0 saturated heterocycles. The summed E-state index contributed by atoms with van der Waals surface area (Å²) < 4.78 is 23.2. The molecule has 1 aliphatic rings. The standard InChI is InChI=1S/C9H11N3O2S/c1-12(2)9-7-5-3-4-6-8(7)15(13,14)11-10-9/h3-6,11H,1-2H3. The molecule has 5 nitrogen and oxygen atoms in total. The van der Waals surface area contributed by atoms with Crippen molar-refractivity contribution in [2.24, 2.45) is 5.10 Å². The Bertz CT molecular complexity index is 520. The molecule has 0 amide bonds. The van der Waals surface area contributed by atoms with Crippen LogP contribution in [0.5, 0.6) is 0 Å². The molecule has 0 radical (unpaired) electrons. The van der Waals surface area contributed by atoms with Gasteiger partial charge in [0, 0.05) is 19.7 Å². The van der Waals surface area contributed by atoms with Crippen molar-refractivity contribution in [2.75, 3.05) is 14.1 Å². The van der Waals surface area contributed by atoms with E-state index in [0.717, 1.165) is 0 Å². The van der Waals surface area contributed by atoms with Gasteiger partial charge in [0.1, 0.15) is 0 Å². The quantitative estimate of drug-likeness (QED) is 0.686. The van der Waals surface area contributed by atoms with E-state index in [1.165, 1.54) is 0 Å². The maximum Gasteiger partial charge on any atom is 0.277 e. The molecule has 1 N–H and O–H groups in total. The fourth-order valence-corrected chi connectivity index (χ4v) is 2.45. The third-order valence-corrected chi connectivity index (χ3v) is 3.38. The molecule has 15 heavy (non-hydrogen) atoms. The van der Waals surface area contributed by atoms with Crippen LogP contribution in [0.3, 0.4) is 0 Å². The number of sulfonamides is 1. The van der Waals surface area contributed by atoms with E-state index in [2.05, 4.69) is 9.93 Å². The van der Waals surface area contributed by atoms with Gasteiger partial charge in [-0.2, -0.15) is 13.2 Å². The lowest BCUT2D eigenvalue weighted by molar-refractivity contribution is 0.571. The average Bonchev–Trinajstić information content (AvgIpc) is 2.17. The van der Waals surface area contributed by atoms with Crippen LogP contribution in [0.2, 0.25) is 0 Å². The zero-order valence-electron chi connectivity index (χ0n) is 8.43. The van der Waals surface area contributed by atoms with Crippen molar-refractivity contribution in [3.8, 4) is 0 Å². The van der Waals surface area contributed by atoms with Crippen molar-refractivity contribution in [3.63, 3.8) is 0 Å². The van der Waals surface area contributed by atoms with Crippen LogP contribution in [0.1, 0.15) is 5.56 Å². The van der Waals surface area contributed by atoms with Crippen LogP contribution < -0.4 is 4.83 Å². The minimum Gasteiger partial charge on any atom is -0.361 e. The fraction of sp³-hybridized carbons (Fsp3) is 0.222. The second kappa shape index (κ2) is 3.23. The molecule has 1 aromatic carbocycles. The maximum atomic E-state index is 11.6. The largest absolute Gasteiger partial charge is 0.361 e. The molecule has 1 aliphatic heterocycles. The van der Waals surface area contributed by atoms with E-state index in [4.69, 9.17) is 0 Å². The zero-order chi connectivity index (χ0) is 11.1. The van der Waals surface area contributed by atoms with Gasteiger partial charge in [-0.05, 0) is 12.1 Å². The molecule has 0 saturated carbocycles. The Morgan fingerprint density at radius 1 is 1.27 bits per heavy atom. The first-order chi connectivity index (χ1) is 7.02. The summed E-state index contributed by atoms with van der Waals surface area (Å²) in [6.07, 6.45) is 0. The summed E-state index contributed by atoms with van der Waals surface area (Å²) in [6, 6.07) is 6.79. The Morgan fingerprint density at radius 2 is 1.93 bits per heavy atom. The summed E-state index contributed by atoms with van der Waals surface area (Å²) in [5, 5.41) is 3.83. The minimum absolute atomic E-state index is 0.267. The molecule has 0 fully saturated rings. The van der Waals surface area contributed by atoms with E-state index in [0.29, 0.717) is 11.4 Å². The highest BCUT2D eigenvalue weighted by molar-refractivity contribution is 7.89. The number of hydrazone groups is 1. The molecule has 1 heterocycles. The Kier molecular flexibility index (Phi) is 2.15. The third-order valence-electron chi connectivity index (χ3n) is 2.11. The Labute approximate surface area is 88.5 Å². The van der Waals surface area contributed by atoms with Gasteiger partial charge in [-0.25, -0.2) is 0 Å². The van der Waals surface area contributed by atoms with Crippen LogP contribution in [0.4, 0.5) is 0 Å². The first-order valence-electron chi connectivity index (χ1n) is 4.38. The van der Waals surface area contributed by atoms with Crippen molar-refractivity contribution >= 4 is 15.9 Å². The Hall–Kier alpha value is -1.56. The summed E-state index contributed by atoms with van der Waals surface area (Å²) in [5.74, 6) is 0.612. The number of hydrogen-bond donors (Lipinski definition) is 1. The fourth-order valence-electron chi connectivity index (χ4n) is 1.44. The van der Waals surface area contributed by atoms with Crippen molar-refractivity contribution < 1.29 is 8.42 Å². The summed E-state index contributed by atoms with van der Waals surface area (Å²) >= 11 is 0. The van der Waals surface area contributed by atoms with Gasteiger partial charge in [0.2, 0.25) is 0 Å². The van der Waals surface area contributed by atoms with Crippen LogP contribution in [0.25, 0.3) is 0 Å². The van der Waals surface area contributed by atoms with E-state index >= 15 is 0 Å². The number of amidine groups is 1. The highest BCUT2D eigenvalue weighted by atomic mass is 32.2. The molecule has 6 heteroatoms. The number of nitrogens with zero attached hydrogens (tertiary/aromatic N) is 2. The van der Waals surface area contributed by atoms with Crippen LogP contribution in [-0.2, 0) is 10.0 Å². The average molecular weight is 225 g/mol. The molecule has 0 unspecified atom stereocenters. The summed E-state index contributed by atoms with van der Waals surface area (Å²) in [5.41, 5.74) is 0.626. The molecule has 0 bridgehead atoms. The molecule has 0 spiro atoms. The SMILES string of the molecule is CN(C)C1=NNS(=O)(=O)c2ccccc21. The van der Waals surface area contributed by atoms with Crippen LogP contribution in [0, 0.1) is 0 Å². The topological polar surface area (TPSA) is 61.8 Å². The molecule has 80 valence electrons. The van der Waals surface area contributed by atoms with Gasteiger partial charge in [0.05, 0.1) is 4.90 Å². The molecule has 0 aliphatic carbocycles.